The zero-order chi connectivity index (χ0) is 12.0. The van der Waals surface area contributed by atoms with Crippen molar-refractivity contribution in [3.05, 3.63) is 12.3 Å². The average Bonchev–Trinajstić information content (AvgIpc) is 2.17. The van der Waals surface area contributed by atoms with Crippen molar-refractivity contribution in [1.29, 1.82) is 0 Å². The molecule has 0 spiro atoms. The fourth-order valence-corrected chi connectivity index (χ4v) is 1.36. The van der Waals surface area contributed by atoms with E-state index in [1.165, 1.54) is 0 Å². The topological polar surface area (TPSA) is 70.1 Å². The standard InChI is InChI=1S/C11H20N4O/c1-4-12-10-13-7-5-9(14-10)15-11(2,3)6-8-16/h5,7,16H,4,6,8H2,1-3H3,(H2,12,13,14,15). The van der Waals surface area contributed by atoms with E-state index < -0.39 is 0 Å². The van der Waals surface area contributed by atoms with Crippen molar-refractivity contribution in [2.75, 3.05) is 23.8 Å². The van der Waals surface area contributed by atoms with Crippen molar-refractivity contribution in [3.8, 4) is 0 Å². The molecule has 0 bridgehead atoms. The number of hydrogen-bond acceptors (Lipinski definition) is 5. The summed E-state index contributed by atoms with van der Waals surface area (Å²) >= 11 is 0. The minimum atomic E-state index is -0.174. The highest BCUT2D eigenvalue weighted by Gasteiger charge is 2.17. The highest BCUT2D eigenvalue weighted by molar-refractivity contribution is 5.41. The fourth-order valence-electron chi connectivity index (χ4n) is 1.36. The van der Waals surface area contributed by atoms with E-state index in [2.05, 4.69) is 20.6 Å². The molecule has 0 saturated carbocycles. The number of nitrogens with zero attached hydrogens (tertiary/aromatic N) is 2. The first-order valence-electron chi connectivity index (χ1n) is 5.53. The molecular weight excluding hydrogens is 204 g/mol. The highest BCUT2D eigenvalue weighted by atomic mass is 16.3. The third-order valence-electron chi connectivity index (χ3n) is 2.19. The van der Waals surface area contributed by atoms with Crippen molar-refractivity contribution in [3.63, 3.8) is 0 Å². The summed E-state index contributed by atoms with van der Waals surface area (Å²) in [5, 5.41) is 15.3. The van der Waals surface area contributed by atoms with Crippen LogP contribution in [0.5, 0.6) is 0 Å². The molecule has 90 valence electrons. The van der Waals surface area contributed by atoms with Crippen molar-refractivity contribution in [2.45, 2.75) is 32.7 Å². The second kappa shape index (κ2) is 5.65. The Morgan fingerprint density at radius 1 is 1.44 bits per heavy atom. The van der Waals surface area contributed by atoms with Crippen LogP contribution in [-0.2, 0) is 0 Å². The quantitative estimate of drug-likeness (QED) is 0.683. The molecule has 0 atom stereocenters. The maximum absolute atomic E-state index is 8.93. The number of rotatable bonds is 6. The van der Waals surface area contributed by atoms with Crippen LogP contribution in [-0.4, -0.2) is 33.8 Å². The Hall–Kier alpha value is -1.36. The Kier molecular flexibility index (Phi) is 4.49. The van der Waals surface area contributed by atoms with Crippen LogP contribution in [0.2, 0.25) is 0 Å². The summed E-state index contributed by atoms with van der Waals surface area (Å²) in [4.78, 5) is 8.41. The van der Waals surface area contributed by atoms with Gasteiger partial charge in [-0.1, -0.05) is 0 Å². The first-order valence-corrected chi connectivity index (χ1v) is 5.53. The second-order valence-electron chi connectivity index (χ2n) is 4.28. The van der Waals surface area contributed by atoms with E-state index in [4.69, 9.17) is 5.11 Å². The van der Waals surface area contributed by atoms with E-state index in [1.54, 1.807) is 6.20 Å². The lowest BCUT2D eigenvalue weighted by molar-refractivity contribution is 0.260. The van der Waals surface area contributed by atoms with Gasteiger partial charge in [0.15, 0.2) is 0 Å². The van der Waals surface area contributed by atoms with Crippen LogP contribution in [0.4, 0.5) is 11.8 Å². The average molecular weight is 224 g/mol. The predicted molar refractivity (Wildman–Crippen MR) is 65.6 cm³/mol. The third kappa shape index (κ3) is 4.02. The van der Waals surface area contributed by atoms with Crippen LogP contribution in [0.25, 0.3) is 0 Å². The number of hydrogen-bond donors (Lipinski definition) is 3. The largest absolute Gasteiger partial charge is 0.396 e. The van der Waals surface area contributed by atoms with Crippen molar-refractivity contribution in [1.82, 2.24) is 9.97 Å². The molecule has 0 unspecified atom stereocenters. The molecule has 1 rings (SSSR count). The maximum Gasteiger partial charge on any atom is 0.224 e. The van der Waals surface area contributed by atoms with Gasteiger partial charge >= 0.3 is 0 Å². The number of anilines is 2. The lowest BCUT2D eigenvalue weighted by atomic mass is 10.0. The molecule has 0 fully saturated rings. The lowest BCUT2D eigenvalue weighted by Crippen LogP contribution is -2.32. The SMILES string of the molecule is CCNc1nccc(NC(C)(C)CCO)n1. The molecule has 5 nitrogen and oxygen atoms in total. The summed E-state index contributed by atoms with van der Waals surface area (Å²) in [5.41, 5.74) is -0.174. The third-order valence-corrected chi connectivity index (χ3v) is 2.19. The molecule has 0 aliphatic carbocycles. The normalized spacial score (nSPS) is 11.2. The highest BCUT2D eigenvalue weighted by Crippen LogP contribution is 2.16. The van der Waals surface area contributed by atoms with Crippen LogP contribution >= 0.6 is 0 Å². The van der Waals surface area contributed by atoms with Gasteiger partial charge in [0, 0.05) is 24.9 Å². The molecule has 3 N–H and O–H groups in total. The zero-order valence-electron chi connectivity index (χ0n) is 10.1. The van der Waals surface area contributed by atoms with Crippen molar-refractivity contribution < 1.29 is 5.11 Å². The van der Waals surface area contributed by atoms with Crippen LogP contribution in [0.3, 0.4) is 0 Å². The Morgan fingerprint density at radius 2 is 2.19 bits per heavy atom. The number of aliphatic hydroxyl groups is 1. The van der Waals surface area contributed by atoms with E-state index in [1.807, 2.05) is 26.8 Å². The van der Waals surface area contributed by atoms with Crippen LogP contribution < -0.4 is 10.6 Å². The molecular formula is C11H20N4O. The zero-order valence-corrected chi connectivity index (χ0v) is 10.1. The minimum absolute atomic E-state index is 0.158. The van der Waals surface area contributed by atoms with Gasteiger partial charge < -0.3 is 15.7 Å². The molecule has 0 aliphatic rings. The molecule has 0 saturated heterocycles. The predicted octanol–water partition coefficient (Wildman–Crippen LogP) is 1.48. The molecule has 0 aliphatic heterocycles. The summed E-state index contributed by atoms with van der Waals surface area (Å²) in [6.45, 7) is 7.00. The van der Waals surface area contributed by atoms with Crippen LogP contribution in [0.15, 0.2) is 12.3 Å². The maximum atomic E-state index is 8.93. The molecule has 1 heterocycles. The van der Waals surface area contributed by atoms with Gasteiger partial charge in [0.05, 0.1) is 0 Å². The summed E-state index contributed by atoms with van der Waals surface area (Å²) in [5.74, 6) is 1.39. The van der Waals surface area contributed by atoms with Gasteiger partial charge in [0.25, 0.3) is 0 Å². The van der Waals surface area contributed by atoms with Crippen molar-refractivity contribution in [2.24, 2.45) is 0 Å². The van der Waals surface area contributed by atoms with Gasteiger partial charge in [-0.3, -0.25) is 0 Å². The lowest BCUT2D eigenvalue weighted by Gasteiger charge is -2.26. The van der Waals surface area contributed by atoms with E-state index in [9.17, 15) is 0 Å². The number of aliphatic hydroxyl groups excluding tert-OH is 1. The number of aromatic nitrogens is 2. The van der Waals surface area contributed by atoms with Gasteiger partial charge in [-0.05, 0) is 33.3 Å². The van der Waals surface area contributed by atoms with Crippen LogP contribution in [0.1, 0.15) is 27.2 Å². The summed E-state index contributed by atoms with van der Waals surface area (Å²) in [6, 6.07) is 1.82. The van der Waals surface area contributed by atoms with Gasteiger partial charge in [-0.2, -0.15) is 4.98 Å². The monoisotopic (exact) mass is 224 g/mol. The van der Waals surface area contributed by atoms with E-state index in [0.29, 0.717) is 12.4 Å². The molecule has 5 heteroatoms. The molecule has 1 aromatic rings. The van der Waals surface area contributed by atoms with Crippen molar-refractivity contribution >= 4 is 11.8 Å². The molecule has 0 aromatic carbocycles. The van der Waals surface area contributed by atoms with Gasteiger partial charge in [-0.15, -0.1) is 0 Å². The van der Waals surface area contributed by atoms with Gasteiger partial charge in [-0.25, -0.2) is 4.98 Å². The molecule has 0 amide bonds. The smallest absolute Gasteiger partial charge is 0.224 e. The van der Waals surface area contributed by atoms with E-state index >= 15 is 0 Å². The molecule has 16 heavy (non-hydrogen) atoms. The first kappa shape index (κ1) is 12.7. The minimum Gasteiger partial charge on any atom is -0.396 e. The molecule has 1 aromatic heterocycles. The Morgan fingerprint density at radius 3 is 2.81 bits per heavy atom. The fraction of sp³-hybridized carbons (Fsp3) is 0.636. The summed E-state index contributed by atoms with van der Waals surface area (Å²) < 4.78 is 0. The van der Waals surface area contributed by atoms with Gasteiger partial charge in [0.1, 0.15) is 5.82 Å². The summed E-state index contributed by atoms with van der Waals surface area (Å²) in [6.07, 6.45) is 2.38. The Balaban J connectivity index is 2.69. The second-order valence-corrected chi connectivity index (χ2v) is 4.28. The van der Waals surface area contributed by atoms with E-state index in [0.717, 1.165) is 12.4 Å². The molecule has 0 radical (unpaired) electrons. The number of nitrogens with one attached hydrogen (secondary N) is 2. The Bertz CT molecular complexity index is 328. The van der Waals surface area contributed by atoms with Crippen LogP contribution in [0, 0.1) is 0 Å². The van der Waals surface area contributed by atoms with Gasteiger partial charge in [0.2, 0.25) is 5.95 Å². The summed E-state index contributed by atoms with van der Waals surface area (Å²) in [7, 11) is 0. The van der Waals surface area contributed by atoms with E-state index in [-0.39, 0.29) is 12.1 Å². The first-order chi connectivity index (χ1) is 7.57. The Labute approximate surface area is 96.3 Å².